The van der Waals surface area contributed by atoms with Gasteiger partial charge < -0.3 is 10.6 Å². The van der Waals surface area contributed by atoms with E-state index in [0.717, 1.165) is 43.9 Å². The number of hydrogen-bond donors (Lipinski definition) is 2. The maximum absolute atomic E-state index is 12.3. The van der Waals surface area contributed by atoms with E-state index in [1.165, 1.54) is 12.8 Å². The Hall–Kier alpha value is -2.22. The molecule has 2 aliphatic rings. The summed E-state index contributed by atoms with van der Waals surface area (Å²) >= 11 is 0. The monoisotopic (exact) mass is 329 g/mol. The van der Waals surface area contributed by atoms with E-state index >= 15 is 0 Å². The van der Waals surface area contributed by atoms with Gasteiger partial charge in [0.15, 0.2) is 0 Å². The number of nitrogens with one attached hydrogen (secondary N) is 2. The highest BCUT2D eigenvalue weighted by Crippen LogP contribution is 2.31. The molecule has 2 N–H and O–H groups in total. The van der Waals surface area contributed by atoms with Crippen LogP contribution in [0.3, 0.4) is 0 Å². The van der Waals surface area contributed by atoms with Crippen molar-refractivity contribution in [2.24, 2.45) is 0 Å². The molecule has 2 aromatic heterocycles. The first-order valence-corrected chi connectivity index (χ1v) is 8.73. The Bertz CT molecular complexity index is 701. The number of amides is 1. The van der Waals surface area contributed by atoms with Gasteiger partial charge in [0.25, 0.3) is 0 Å². The van der Waals surface area contributed by atoms with Gasteiger partial charge in [-0.2, -0.15) is 10.2 Å². The van der Waals surface area contributed by atoms with Crippen molar-refractivity contribution in [2.45, 2.75) is 57.2 Å². The third-order valence-electron chi connectivity index (χ3n) is 4.97. The molecule has 128 valence electrons. The lowest BCUT2D eigenvalue weighted by molar-refractivity contribution is -0.115. The third-order valence-corrected chi connectivity index (χ3v) is 4.97. The zero-order valence-electron chi connectivity index (χ0n) is 13.7. The smallest absolute Gasteiger partial charge is 0.239 e. The molecule has 0 unspecified atom stereocenters. The molecule has 8 nitrogen and oxygen atoms in total. The normalized spacial score (nSPS) is 20.9. The Morgan fingerprint density at radius 2 is 2.12 bits per heavy atom. The van der Waals surface area contributed by atoms with Gasteiger partial charge >= 0.3 is 0 Å². The van der Waals surface area contributed by atoms with Gasteiger partial charge in [0.1, 0.15) is 18.0 Å². The van der Waals surface area contributed by atoms with E-state index in [1.54, 1.807) is 12.5 Å². The number of carbonyl (C=O) groups is 1. The van der Waals surface area contributed by atoms with Crippen molar-refractivity contribution in [1.82, 2.24) is 29.9 Å². The summed E-state index contributed by atoms with van der Waals surface area (Å²) in [5, 5.41) is 14.9. The van der Waals surface area contributed by atoms with Crippen molar-refractivity contribution in [2.75, 3.05) is 11.9 Å². The molecule has 1 fully saturated rings. The van der Waals surface area contributed by atoms with E-state index in [-0.39, 0.29) is 11.9 Å². The van der Waals surface area contributed by atoms with Gasteiger partial charge in [-0.25, -0.2) is 14.3 Å². The van der Waals surface area contributed by atoms with Crippen LogP contribution >= 0.6 is 0 Å². The first-order valence-electron chi connectivity index (χ1n) is 8.73. The van der Waals surface area contributed by atoms with Crippen molar-refractivity contribution in [1.29, 1.82) is 0 Å². The quantitative estimate of drug-likeness (QED) is 0.858. The molecule has 1 saturated carbocycles. The van der Waals surface area contributed by atoms with E-state index in [4.69, 9.17) is 0 Å². The minimum absolute atomic E-state index is 0.0286. The molecule has 0 bridgehead atoms. The second kappa shape index (κ2) is 6.72. The molecule has 0 spiro atoms. The molecule has 1 aliphatic carbocycles. The number of carbonyl (C=O) groups excluding carboxylic acids is 1. The van der Waals surface area contributed by atoms with Gasteiger partial charge in [-0.1, -0.05) is 12.8 Å². The summed E-state index contributed by atoms with van der Waals surface area (Å²) < 4.78 is 3.88. The fraction of sp³-hybridized carbons (Fsp3) is 0.625. The average Bonchev–Trinajstić information content (AvgIpc) is 3.32. The van der Waals surface area contributed by atoms with Crippen LogP contribution in [0.4, 0.5) is 5.82 Å². The summed E-state index contributed by atoms with van der Waals surface area (Å²) in [6.45, 7) is 1.06. The number of anilines is 1. The Morgan fingerprint density at radius 3 is 3.00 bits per heavy atom. The van der Waals surface area contributed by atoms with Crippen LogP contribution in [0.2, 0.25) is 0 Å². The first-order chi connectivity index (χ1) is 11.8. The minimum Gasteiger partial charge on any atom is -0.310 e. The lowest BCUT2D eigenvalue weighted by atomic mass is 10.1. The number of fused-ring (bicyclic) bond motifs is 1. The van der Waals surface area contributed by atoms with Crippen LogP contribution in [-0.2, 0) is 17.8 Å². The summed E-state index contributed by atoms with van der Waals surface area (Å²) in [7, 11) is 0. The maximum atomic E-state index is 12.3. The van der Waals surface area contributed by atoms with Crippen LogP contribution in [0.15, 0.2) is 18.6 Å². The topological polar surface area (TPSA) is 89.7 Å². The van der Waals surface area contributed by atoms with Gasteiger partial charge in [-0.15, -0.1) is 0 Å². The van der Waals surface area contributed by atoms with Crippen LogP contribution < -0.4 is 10.6 Å². The van der Waals surface area contributed by atoms with Gasteiger partial charge in [-0.05, 0) is 19.3 Å². The van der Waals surface area contributed by atoms with Crippen LogP contribution in [-0.4, -0.2) is 43.0 Å². The molecule has 3 heterocycles. The van der Waals surface area contributed by atoms with Gasteiger partial charge in [-0.3, -0.25) is 4.79 Å². The first kappa shape index (κ1) is 15.3. The molecular weight excluding hydrogens is 306 g/mol. The summed E-state index contributed by atoms with van der Waals surface area (Å²) in [4.78, 5) is 16.5. The van der Waals surface area contributed by atoms with E-state index in [0.29, 0.717) is 12.6 Å². The molecule has 8 heteroatoms. The highest BCUT2D eigenvalue weighted by atomic mass is 16.2. The molecule has 0 aromatic carbocycles. The van der Waals surface area contributed by atoms with E-state index in [9.17, 15) is 4.79 Å². The predicted octanol–water partition coefficient (Wildman–Crippen LogP) is 1.13. The zero-order chi connectivity index (χ0) is 16.4. The third kappa shape index (κ3) is 3.19. The Labute approximate surface area is 140 Å². The van der Waals surface area contributed by atoms with E-state index in [2.05, 4.69) is 25.8 Å². The maximum Gasteiger partial charge on any atom is 0.239 e. The summed E-state index contributed by atoms with van der Waals surface area (Å²) in [6.07, 6.45) is 10.00. The van der Waals surface area contributed by atoms with Crippen molar-refractivity contribution in [3.63, 3.8) is 0 Å². The van der Waals surface area contributed by atoms with E-state index in [1.807, 2.05) is 15.4 Å². The number of aryl methyl sites for hydroxylation is 1. The van der Waals surface area contributed by atoms with Crippen LogP contribution in [0, 0.1) is 0 Å². The molecule has 1 atom stereocenters. The van der Waals surface area contributed by atoms with Crippen molar-refractivity contribution >= 4 is 11.7 Å². The van der Waals surface area contributed by atoms with Crippen molar-refractivity contribution in [3.8, 4) is 0 Å². The molecule has 24 heavy (non-hydrogen) atoms. The van der Waals surface area contributed by atoms with Gasteiger partial charge in [0.2, 0.25) is 5.91 Å². The predicted molar refractivity (Wildman–Crippen MR) is 88.5 cm³/mol. The second-order valence-corrected chi connectivity index (χ2v) is 6.62. The van der Waals surface area contributed by atoms with Crippen molar-refractivity contribution < 1.29 is 4.79 Å². The van der Waals surface area contributed by atoms with Gasteiger partial charge in [0, 0.05) is 18.5 Å². The highest BCUT2D eigenvalue weighted by Gasteiger charge is 2.22. The Balaban J connectivity index is 1.29. The molecule has 0 saturated heterocycles. The van der Waals surface area contributed by atoms with Gasteiger partial charge in [0.05, 0.1) is 25.3 Å². The second-order valence-electron chi connectivity index (χ2n) is 6.62. The standard InChI is InChI=1S/C16H23N7O/c24-16(9-17-12-5-6-14-18-11-20-22(14)10-12)21-15-7-8-19-23(15)13-3-1-2-4-13/h7-8,11-13,17H,1-6,9-10H2,(H,21,24)/t12-/m0/s1. The van der Waals surface area contributed by atoms with E-state index < -0.39 is 0 Å². The summed E-state index contributed by atoms with van der Waals surface area (Å²) in [5.74, 6) is 1.80. The molecule has 0 radical (unpaired) electrons. The number of nitrogens with zero attached hydrogens (tertiary/aromatic N) is 5. The lowest BCUT2D eigenvalue weighted by Crippen LogP contribution is -2.41. The number of aromatic nitrogens is 5. The molecule has 2 aromatic rings. The largest absolute Gasteiger partial charge is 0.310 e. The van der Waals surface area contributed by atoms with Crippen LogP contribution in [0.25, 0.3) is 0 Å². The average molecular weight is 329 g/mol. The zero-order valence-corrected chi connectivity index (χ0v) is 13.7. The number of hydrogen-bond acceptors (Lipinski definition) is 5. The van der Waals surface area contributed by atoms with Crippen LogP contribution in [0.5, 0.6) is 0 Å². The summed E-state index contributed by atoms with van der Waals surface area (Å²) in [5.41, 5.74) is 0. The Kier molecular flexibility index (Phi) is 4.29. The minimum atomic E-state index is -0.0286. The highest BCUT2D eigenvalue weighted by molar-refractivity contribution is 5.91. The Morgan fingerprint density at radius 1 is 1.25 bits per heavy atom. The molecular formula is C16H23N7O. The fourth-order valence-corrected chi connectivity index (χ4v) is 3.68. The van der Waals surface area contributed by atoms with Crippen LogP contribution in [0.1, 0.15) is 44.0 Å². The van der Waals surface area contributed by atoms with Crippen molar-refractivity contribution in [3.05, 3.63) is 24.4 Å². The lowest BCUT2D eigenvalue weighted by Gasteiger charge is -2.23. The number of rotatable bonds is 5. The molecule has 1 amide bonds. The summed E-state index contributed by atoms with van der Waals surface area (Å²) in [6, 6.07) is 2.55. The SMILES string of the molecule is O=C(CN[C@H]1CCc2ncnn2C1)Nc1ccnn1C1CCCC1. The molecule has 1 aliphatic heterocycles. The fourth-order valence-electron chi connectivity index (χ4n) is 3.68. The molecule has 4 rings (SSSR count).